The van der Waals surface area contributed by atoms with Gasteiger partial charge in [-0.2, -0.15) is 5.10 Å². The lowest BCUT2D eigenvalue weighted by Gasteiger charge is -2.18. The highest BCUT2D eigenvalue weighted by Crippen LogP contribution is 2.38. The lowest BCUT2D eigenvalue weighted by molar-refractivity contribution is 0.241. The van der Waals surface area contributed by atoms with Crippen molar-refractivity contribution in [3.05, 3.63) is 82.8 Å². The van der Waals surface area contributed by atoms with Gasteiger partial charge < -0.3 is 10.5 Å². The van der Waals surface area contributed by atoms with Crippen molar-refractivity contribution in [1.29, 1.82) is 0 Å². The van der Waals surface area contributed by atoms with Crippen molar-refractivity contribution in [3.8, 4) is 26.9 Å². The van der Waals surface area contributed by atoms with E-state index in [9.17, 15) is 13.6 Å². The molecular weight excluding hydrogens is 538 g/mol. The molecule has 1 aromatic carbocycles. The van der Waals surface area contributed by atoms with Gasteiger partial charge in [0, 0.05) is 6.20 Å². The monoisotopic (exact) mass is 560 g/mol. The van der Waals surface area contributed by atoms with E-state index in [0.29, 0.717) is 38.1 Å². The Morgan fingerprint density at radius 1 is 1.05 bits per heavy atom. The molecule has 0 spiro atoms. The minimum absolute atomic E-state index is 0.0606. The van der Waals surface area contributed by atoms with Crippen LogP contribution in [0.3, 0.4) is 0 Å². The predicted molar refractivity (Wildman–Crippen MR) is 147 cm³/mol. The van der Waals surface area contributed by atoms with Gasteiger partial charge in [0.15, 0.2) is 5.65 Å². The molecule has 40 heavy (non-hydrogen) atoms. The Labute approximate surface area is 229 Å². The Hall–Kier alpha value is -4.78. The van der Waals surface area contributed by atoms with E-state index in [1.807, 2.05) is 13.8 Å². The Kier molecular flexibility index (Phi) is 6.22. The maximum atomic E-state index is 14.3. The maximum Gasteiger partial charge on any atom is 0.274 e. The van der Waals surface area contributed by atoms with Crippen molar-refractivity contribution in [1.82, 2.24) is 34.1 Å². The Balaban J connectivity index is 1.60. The Morgan fingerprint density at radius 2 is 1.88 bits per heavy atom. The van der Waals surface area contributed by atoms with Crippen LogP contribution in [0.2, 0.25) is 0 Å². The summed E-state index contributed by atoms with van der Waals surface area (Å²) in [6.45, 7) is 5.60. The van der Waals surface area contributed by atoms with Crippen LogP contribution in [0.5, 0.6) is 5.19 Å². The van der Waals surface area contributed by atoms with Crippen LogP contribution >= 0.6 is 11.3 Å². The van der Waals surface area contributed by atoms with E-state index < -0.39 is 23.2 Å². The molecule has 0 saturated carbocycles. The highest BCUT2D eigenvalue weighted by molar-refractivity contribution is 7.16. The molecule has 5 heterocycles. The van der Waals surface area contributed by atoms with Crippen LogP contribution in [-0.4, -0.2) is 40.2 Å². The number of anilines is 1. The van der Waals surface area contributed by atoms with Crippen molar-refractivity contribution in [2.75, 3.05) is 5.73 Å². The molecule has 10 nitrogen and oxygen atoms in total. The van der Waals surface area contributed by atoms with E-state index in [1.165, 1.54) is 48.0 Å². The molecule has 6 rings (SSSR count). The minimum Gasteiger partial charge on any atom is -0.467 e. The summed E-state index contributed by atoms with van der Waals surface area (Å²) in [5.41, 5.74) is 7.54. The van der Waals surface area contributed by atoms with Crippen molar-refractivity contribution in [2.24, 2.45) is 0 Å². The van der Waals surface area contributed by atoms with Crippen LogP contribution in [0.1, 0.15) is 32.5 Å². The number of aromatic nitrogens is 7. The summed E-state index contributed by atoms with van der Waals surface area (Å²) in [5, 5.41) is 5.81. The zero-order valence-electron chi connectivity index (χ0n) is 21.5. The predicted octanol–water partition coefficient (Wildman–Crippen LogP) is 4.88. The number of hydrogen-bond donors (Lipinski definition) is 1. The molecule has 0 aliphatic rings. The SMILES string of the molecule is CC(C)Oc1ncc(-c2nn(C(C)c3nc4ccc(F)cn4c(=O)c3-c3cccc(F)c3)c3ncnc(N)c23)s1. The highest BCUT2D eigenvalue weighted by atomic mass is 32.1. The van der Waals surface area contributed by atoms with Crippen LogP contribution in [0.4, 0.5) is 14.6 Å². The number of pyridine rings is 1. The van der Waals surface area contributed by atoms with Gasteiger partial charge in [-0.05, 0) is 50.6 Å². The van der Waals surface area contributed by atoms with E-state index in [0.717, 1.165) is 10.6 Å². The van der Waals surface area contributed by atoms with Crippen LogP contribution in [-0.2, 0) is 0 Å². The van der Waals surface area contributed by atoms with Crippen molar-refractivity contribution in [3.63, 3.8) is 0 Å². The van der Waals surface area contributed by atoms with Gasteiger partial charge in [-0.3, -0.25) is 9.20 Å². The number of ether oxygens (including phenoxy) is 1. The fraction of sp³-hybridized carbons (Fsp3) is 0.185. The largest absolute Gasteiger partial charge is 0.467 e. The first-order valence-electron chi connectivity index (χ1n) is 12.3. The zero-order chi connectivity index (χ0) is 28.1. The van der Waals surface area contributed by atoms with Gasteiger partial charge in [0.2, 0.25) is 0 Å². The summed E-state index contributed by atoms with van der Waals surface area (Å²) in [7, 11) is 0. The summed E-state index contributed by atoms with van der Waals surface area (Å²) < 4.78 is 36.8. The number of thiazole rings is 1. The Morgan fingerprint density at radius 3 is 2.65 bits per heavy atom. The number of benzene rings is 1. The standard InChI is InChI=1S/C27H22F2N8O2S/c1-13(2)39-27-31-10-18(40-27)23-21-24(30)32-12-33-25(21)37(35-23)14(3)22-20(15-5-4-6-16(28)9-15)26(38)36-11-17(29)7-8-19(36)34-22/h4-14H,1-3H3,(H2,30,32,33). The number of halogens is 2. The average Bonchev–Trinajstić information content (AvgIpc) is 3.53. The van der Waals surface area contributed by atoms with Crippen LogP contribution in [0.25, 0.3) is 38.4 Å². The van der Waals surface area contributed by atoms with Gasteiger partial charge in [0.05, 0.1) is 39.9 Å². The number of rotatable bonds is 6. The molecular formula is C27H22F2N8O2S. The zero-order valence-corrected chi connectivity index (χ0v) is 22.4. The van der Waals surface area contributed by atoms with Crippen LogP contribution < -0.4 is 16.0 Å². The van der Waals surface area contributed by atoms with Crippen molar-refractivity contribution < 1.29 is 13.5 Å². The average molecular weight is 561 g/mol. The summed E-state index contributed by atoms with van der Waals surface area (Å²) in [5.74, 6) is -0.926. The minimum atomic E-state index is -0.689. The molecule has 0 radical (unpaired) electrons. The summed E-state index contributed by atoms with van der Waals surface area (Å²) in [4.78, 5) is 32.1. The molecule has 0 aliphatic carbocycles. The van der Waals surface area contributed by atoms with E-state index in [-0.39, 0.29) is 23.1 Å². The van der Waals surface area contributed by atoms with Gasteiger partial charge in [0.1, 0.15) is 35.1 Å². The van der Waals surface area contributed by atoms with E-state index in [1.54, 1.807) is 23.9 Å². The lowest BCUT2D eigenvalue weighted by Crippen LogP contribution is -2.23. The van der Waals surface area contributed by atoms with Crippen molar-refractivity contribution >= 4 is 33.8 Å². The lowest BCUT2D eigenvalue weighted by atomic mass is 10.0. The van der Waals surface area contributed by atoms with E-state index in [4.69, 9.17) is 20.6 Å². The second kappa shape index (κ2) is 9.75. The summed E-state index contributed by atoms with van der Waals surface area (Å²) in [6, 6.07) is 7.54. The highest BCUT2D eigenvalue weighted by Gasteiger charge is 2.27. The molecule has 5 aromatic heterocycles. The molecule has 0 aliphatic heterocycles. The molecule has 13 heteroatoms. The molecule has 0 bridgehead atoms. The van der Waals surface area contributed by atoms with Gasteiger partial charge in [-0.1, -0.05) is 23.5 Å². The second-order valence-electron chi connectivity index (χ2n) is 9.35. The number of nitrogens with zero attached hydrogens (tertiary/aromatic N) is 7. The number of nitrogens with two attached hydrogens (primary N) is 1. The molecule has 202 valence electrons. The quantitative estimate of drug-likeness (QED) is 0.305. The number of nitrogen functional groups attached to an aromatic ring is 1. The fourth-order valence-electron chi connectivity index (χ4n) is 4.53. The third-order valence-electron chi connectivity index (χ3n) is 6.26. The maximum absolute atomic E-state index is 14.3. The van der Waals surface area contributed by atoms with Crippen molar-refractivity contribution in [2.45, 2.75) is 32.9 Å². The molecule has 6 aromatic rings. The first-order valence-corrected chi connectivity index (χ1v) is 13.1. The van der Waals surface area contributed by atoms with Gasteiger partial charge in [-0.15, -0.1) is 0 Å². The summed E-state index contributed by atoms with van der Waals surface area (Å²) in [6.07, 6.45) is 3.96. The molecule has 2 N–H and O–H groups in total. The topological polar surface area (TPSA) is 126 Å². The molecule has 1 unspecified atom stereocenters. The first-order chi connectivity index (χ1) is 19.2. The van der Waals surface area contributed by atoms with Crippen LogP contribution in [0, 0.1) is 11.6 Å². The van der Waals surface area contributed by atoms with Gasteiger partial charge in [-0.25, -0.2) is 33.4 Å². The first kappa shape index (κ1) is 25.5. The number of hydrogen-bond acceptors (Lipinski definition) is 9. The molecule has 1 atom stereocenters. The molecule has 0 fully saturated rings. The normalized spacial score (nSPS) is 12.4. The second-order valence-corrected chi connectivity index (χ2v) is 10.3. The third-order valence-corrected chi connectivity index (χ3v) is 7.16. The molecule has 0 amide bonds. The van der Waals surface area contributed by atoms with E-state index >= 15 is 0 Å². The third kappa shape index (κ3) is 4.33. The van der Waals surface area contributed by atoms with Gasteiger partial charge >= 0.3 is 0 Å². The Bertz CT molecular complexity index is 1970. The summed E-state index contributed by atoms with van der Waals surface area (Å²) >= 11 is 1.30. The number of fused-ring (bicyclic) bond motifs is 2. The van der Waals surface area contributed by atoms with Gasteiger partial charge in [0.25, 0.3) is 10.8 Å². The molecule has 0 saturated heterocycles. The smallest absolute Gasteiger partial charge is 0.274 e. The van der Waals surface area contributed by atoms with E-state index in [2.05, 4.69) is 15.0 Å². The van der Waals surface area contributed by atoms with Crippen LogP contribution in [0.15, 0.2) is 59.9 Å². The fourth-order valence-corrected chi connectivity index (χ4v) is 5.40.